The first kappa shape index (κ1) is 21.3. The van der Waals surface area contributed by atoms with E-state index in [-0.39, 0.29) is 5.91 Å². The molecular formula is C21H37NO4S. The van der Waals surface area contributed by atoms with Crippen LogP contribution in [-0.4, -0.2) is 51.1 Å². The second-order valence-corrected chi connectivity index (χ2v) is 11.2. The molecule has 3 rings (SSSR count). The number of hydrogen-bond acceptors (Lipinski definition) is 4. The Morgan fingerprint density at radius 2 is 1.74 bits per heavy atom. The van der Waals surface area contributed by atoms with Crippen LogP contribution in [0.15, 0.2) is 0 Å². The van der Waals surface area contributed by atoms with Crippen molar-refractivity contribution in [1.82, 2.24) is 5.06 Å². The Labute approximate surface area is 166 Å². The zero-order valence-electron chi connectivity index (χ0n) is 17.2. The minimum absolute atomic E-state index is 0.220. The van der Waals surface area contributed by atoms with Gasteiger partial charge in [0.1, 0.15) is 0 Å². The van der Waals surface area contributed by atoms with Crippen LogP contribution in [0.3, 0.4) is 0 Å². The molecule has 1 amide bonds. The van der Waals surface area contributed by atoms with Gasteiger partial charge in [-0.1, -0.05) is 33.1 Å². The zero-order chi connectivity index (χ0) is 19.6. The number of hydroxylamine groups is 2. The molecule has 1 N–H and O–H groups in total. The molecule has 156 valence electrons. The van der Waals surface area contributed by atoms with E-state index in [1.54, 1.807) is 0 Å². The number of carbonyl (C=O) groups is 1. The molecule has 6 heteroatoms. The lowest BCUT2D eigenvalue weighted by atomic mass is 9.77. The lowest BCUT2D eigenvalue weighted by molar-refractivity contribution is -0.169. The Hall–Kier alpha value is -0.460. The van der Waals surface area contributed by atoms with Gasteiger partial charge in [-0.05, 0) is 50.4 Å². The summed E-state index contributed by atoms with van der Waals surface area (Å²) < 4.78 is 18.7. The highest BCUT2D eigenvalue weighted by Crippen LogP contribution is 2.46. The molecule has 2 saturated heterocycles. The number of nitrogens with zero attached hydrogens (tertiary/aromatic N) is 1. The van der Waals surface area contributed by atoms with Crippen molar-refractivity contribution in [3.8, 4) is 0 Å². The molecule has 0 spiro atoms. The summed E-state index contributed by atoms with van der Waals surface area (Å²) in [4.78, 5) is 12.0. The topological polar surface area (TPSA) is 66.8 Å². The van der Waals surface area contributed by atoms with E-state index in [1.807, 2.05) is 13.8 Å². The highest BCUT2D eigenvalue weighted by Gasteiger charge is 2.48. The summed E-state index contributed by atoms with van der Waals surface area (Å²) in [6.45, 7) is 3.80. The van der Waals surface area contributed by atoms with Crippen molar-refractivity contribution in [2.24, 2.45) is 23.2 Å². The normalized spacial score (nSPS) is 31.3. The van der Waals surface area contributed by atoms with Crippen molar-refractivity contribution >= 4 is 16.7 Å². The molecule has 2 bridgehead atoms. The summed E-state index contributed by atoms with van der Waals surface area (Å²) in [6, 6.07) is 0. The molecule has 0 aromatic carbocycles. The molecule has 0 aromatic heterocycles. The first-order valence-electron chi connectivity index (χ1n) is 10.8. The Balaban J connectivity index is 1.39. The number of unbranched alkanes of at least 4 members (excludes halogenated alkanes) is 2. The molecule has 1 aliphatic carbocycles. The van der Waals surface area contributed by atoms with E-state index in [0.29, 0.717) is 29.1 Å². The molecule has 3 fully saturated rings. The van der Waals surface area contributed by atoms with Crippen molar-refractivity contribution in [3.05, 3.63) is 0 Å². The van der Waals surface area contributed by atoms with Crippen LogP contribution in [0, 0.1) is 23.2 Å². The van der Waals surface area contributed by atoms with E-state index in [2.05, 4.69) is 0 Å². The predicted molar refractivity (Wildman–Crippen MR) is 107 cm³/mol. The number of hydrogen-bond donors (Lipinski definition) is 1. The van der Waals surface area contributed by atoms with E-state index < -0.39 is 16.2 Å². The number of fused-ring (bicyclic) bond motifs is 2. The molecule has 1 saturated carbocycles. The monoisotopic (exact) mass is 399 g/mol. The average molecular weight is 400 g/mol. The Morgan fingerprint density at radius 1 is 1.07 bits per heavy atom. The van der Waals surface area contributed by atoms with E-state index in [9.17, 15) is 14.2 Å². The standard InChI is InChI=1S/C21H37NO4S/c1-21(2,20(23)22(3)24)12-6-4-5-7-16-17(19-11-10-18(16)26-19)14-27(25)13-15-8-9-15/h15-19,24H,4-14H2,1-3H3. The van der Waals surface area contributed by atoms with Gasteiger partial charge in [0, 0.05) is 40.7 Å². The highest BCUT2D eigenvalue weighted by atomic mass is 32.2. The van der Waals surface area contributed by atoms with Gasteiger partial charge < -0.3 is 4.74 Å². The van der Waals surface area contributed by atoms with Gasteiger partial charge in [-0.25, -0.2) is 5.06 Å². The molecule has 0 aromatic rings. The first-order valence-corrected chi connectivity index (χ1v) is 12.2. The lowest BCUT2D eigenvalue weighted by Crippen LogP contribution is -2.36. The lowest BCUT2D eigenvalue weighted by Gasteiger charge is -2.28. The maximum absolute atomic E-state index is 12.5. The fraction of sp³-hybridized carbons (Fsp3) is 0.952. The van der Waals surface area contributed by atoms with E-state index >= 15 is 0 Å². The second kappa shape index (κ2) is 8.91. The highest BCUT2D eigenvalue weighted by molar-refractivity contribution is 7.85. The van der Waals surface area contributed by atoms with Gasteiger partial charge in [-0.3, -0.25) is 14.2 Å². The summed E-state index contributed by atoms with van der Waals surface area (Å²) in [5.41, 5.74) is -0.513. The first-order chi connectivity index (χ1) is 12.8. The largest absolute Gasteiger partial charge is 0.374 e. The van der Waals surface area contributed by atoms with E-state index in [1.165, 1.54) is 26.3 Å². The maximum atomic E-state index is 12.5. The smallest absolute Gasteiger partial charge is 0.251 e. The minimum Gasteiger partial charge on any atom is -0.374 e. The summed E-state index contributed by atoms with van der Waals surface area (Å²) in [6.07, 6.45) is 10.8. The van der Waals surface area contributed by atoms with Crippen LogP contribution in [0.1, 0.15) is 71.6 Å². The molecule has 3 aliphatic rings. The van der Waals surface area contributed by atoms with Gasteiger partial charge in [0.2, 0.25) is 0 Å². The molecular weight excluding hydrogens is 362 g/mol. The van der Waals surface area contributed by atoms with Crippen LogP contribution in [0.5, 0.6) is 0 Å². The molecule has 2 heterocycles. The fourth-order valence-electron chi connectivity index (χ4n) is 5.00. The molecule has 27 heavy (non-hydrogen) atoms. The average Bonchev–Trinajstić information content (AvgIpc) is 3.18. The van der Waals surface area contributed by atoms with E-state index in [4.69, 9.17) is 4.74 Å². The molecule has 5 atom stereocenters. The Kier molecular flexibility index (Phi) is 7.02. The number of rotatable bonds is 11. The fourth-order valence-corrected chi connectivity index (χ4v) is 6.89. The van der Waals surface area contributed by atoms with Gasteiger partial charge in [0.15, 0.2) is 0 Å². The molecule has 5 nitrogen and oxygen atoms in total. The molecule has 0 radical (unpaired) electrons. The summed E-state index contributed by atoms with van der Waals surface area (Å²) in [5, 5.41) is 10.1. The zero-order valence-corrected chi connectivity index (χ0v) is 18.0. The predicted octanol–water partition coefficient (Wildman–Crippen LogP) is 3.76. The van der Waals surface area contributed by atoms with E-state index in [0.717, 1.165) is 55.9 Å². The molecule has 2 aliphatic heterocycles. The molecule has 5 unspecified atom stereocenters. The van der Waals surface area contributed by atoms with Crippen LogP contribution < -0.4 is 0 Å². The van der Waals surface area contributed by atoms with Crippen molar-refractivity contribution in [1.29, 1.82) is 0 Å². The third kappa shape index (κ3) is 5.54. The quantitative estimate of drug-likeness (QED) is 0.326. The van der Waals surface area contributed by atoms with Crippen molar-refractivity contribution in [2.45, 2.75) is 83.8 Å². The number of carbonyl (C=O) groups excluding carboxylic acids is 1. The third-order valence-corrected chi connectivity index (χ3v) is 8.40. The van der Waals surface area contributed by atoms with Crippen molar-refractivity contribution in [3.63, 3.8) is 0 Å². The van der Waals surface area contributed by atoms with Crippen LogP contribution in [0.2, 0.25) is 0 Å². The summed E-state index contributed by atoms with van der Waals surface area (Å²) in [5.74, 6) is 3.32. The summed E-state index contributed by atoms with van der Waals surface area (Å²) >= 11 is 0. The van der Waals surface area contributed by atoms with Crippen LogP contribution in [0.4, 0.5) is 0 Å². The SMILES string of the molecule is CN(O)C(=O)C(C)(C)CCCCCC1C2CCC(O2)C1CS(=O)CC1CC1. The number of ether oxygens (including phenoxy) is 1. The summed E-state index contributed by atoms with van der Waals surface area (Å²) in [7, 11) is 0.719. The maximum Gasteiger partial charge on any atom is 0.251 e. The Morgan fingerprint density at radius 3 is 2.37 bits per heavy atom. The van der Waals surface area contributed by atoms with Gasteiger partial charge >= 0.3 is 0 Å². The van der Waals surface area contributed by atoms with Gasteiger partial charge in [-0.2, -0.15) is 0 Å². The third-order valence-electron chi connectivity index (χ3n) is 6.80. The van der Waals surface area contributed by atoms with Crippen LogP contribution in [0.25, 0.3) is 0 Å². The van der Waals surface area contributed by atoms with Gasteiger partial charge in [0.25, 0.3) is 5.91 Å². The number of amides is 1. The van der Waals surface area contributed by atoms with Gasteiger partial charge in [-0.15, -0.1) is 0 Å². The van der Waals surface area contributed by atoms with Crippen LogP contribution >= 0.6 is 0 Å². The van der Waals surface area contributed by atoms with Crippen molar-refractivity contribution in [2.75, 3.05) is 18.6 Å². The second-order valence-electron chi connectivity index (χ2n) is 9.65. The van der Waals surface area contributed by atoms with Crippen LogP contribution in [-0.2, 0) is 20.3 Å². The van der Waals surface area contributed by atoms with Gasteiger partial charge in [0.05, 0.1) is 12.2 Å². The Bertz CT molecular complexity index is 546. The van der Waals surface area contributed by atoms with Crippen molar-refractivity contribution < 1.29 is 18.9 Å². The minimum atomic E-state index is -0.676.